The molecule has 5 heteroatoms. The first kappa shape index (κ1) is 18.2. The van der Waals surface area contributed by atoms with Gasteiger partial charge in [0.2, 0.25) is 5.91 Å². The number of amides is 1. The molecule has 0 aliphatic carbocycles. The number of likely N-dealkylation sites (N-methyl/N-ethyl adjacent to an activating group) is 1. The van der Waals surface area contributed by atoms with E-state index in [1.54, 1.807) is 0 Å². The van der Waals surface area contributed by atoms with Crippen LogP contribution in [-0.2, 0) is 11.3 Å². The number of rotatable bonds is 6. The lowest BCUT2D eigenvalue weighted by atomic mass is 10.1. The Hall–Kier alpha value is -1.10. The summed E-state index contributed by atoms with van der Waals surface area (Å²) in [6, 6.07) is 7.58. The van der Waals surface area contributed by atoms with Gasteiger partial charge in [0, 0.05) is 24.7 Å². The predicted octanol–water partition coefficient (Wildman–Crippen LogP) is 2.93. The third-order valence-electron chi connectivity index (χ3n) is 4.49. The third kappa shape index (κ3) is 5.48. The maximum absolute atomic E-state index is 13.0. The minimum atomic E-state index is -0.0384. The summed E-state index contributed by atoms with van der Waals surface area (Å²) >= 11 is 5.93. The zero-order chi connectivity index (χ0) is 16.7. The van der Waals surface area contributed by atoms with Gasteiger partial charge in [-0.15, -0.1) is 0 Å². The minimum Gasteiger partial charge on any atom is -0.396 e. The van der Waals surface area contributed by atoms with Crippen LogP contribution < -0.4 is 0 Å². The minimum absolute atomic E-state index is 0.0384. The number of benzene rings is 1. The van der Waals surface area contributed by atoms with Gasteiger partial charge in [0.05, 0.1) is 6.04 Å². The highest BCUT2D eigenvalue weighted by molar-refractivity contribution is 6.30. The number of aliphatic hydroxyl groups is 1. The summed E-state index contributed by atoms with van der Waals surface area (Å²) in [5.74, 6) is 0.179. The monoisotopic (exact) mass is 338 g/mol. The summed E-state index contributed by atoms with van der Waals surface area (Å²) < 4.78 is 0. The molecule has 0 aromatic heterocycles. The fourth-order valence-electron chi connectivity index (χ4n) is 3.11. The molecule has 0 unspecified atom stereocenters. The van der Waals surface area contributed by atoms with Gasteiger partial charge >= 0.3 is 0 Å². The highest BCUT2D eigenvalue weighted by atomic mass is 35.5. The molecule has 1 aromatic rings. The van der Waals surface area contributed by atoms with E-state index >= 15 is 0 Å². The highest BCUT2D eigenvalue weighted by Gasteiger charge is 2.28. The van der Waals surface area contributed by atoms with Crippen molar-refractivity contribution in [2.75, 3.05) is 26.7 Å². The van der Waals surface area contributed by atoms with E-state index in [0.717, 1.165) is 31.4 Å². The first-order valence-corrected chi connectivity index (χ1v) is 8.84. The molecule has 2 rings (SSSR count). The Bertz CT molecular complexity index is 492. The molecule has 128 valence electrons. The van der Waals surface area contributed by atoms with Gasteiger partial charge < -0.3 is 10.0 Å². The van der Waals surface area contributed by atoms with Gasteiger partial charge in [-0.3, -0.25) is 9.69 Å². The zero-order valence-electron chi connectivity index (χ0n) is 13.9. The number of likely N-dealkylation sites (tertiary alicyclic amines) is 1. The lowest BCUT2D eigenvalue weighted by molar-refractivity contribution is -0.137. The number of carbonyl (C=O) groups is 1. The third-order valence-corrected chi connectivity index (χ3v) is 4.74. The van der Waals surface area contributed by atoms with Crippen molar-refractivity contribution < 1.29 is 9.90 Å². The molecule has 0 bridgehead atoms. The maximum Gasteiger partial charge on any atom is 0.240 e. The normalized spacial score (nSPS) is 19.3. The van der Waals surface area contributed by atoms with E-state index in [0.29, 0.717) is 24.5 Å². The van der Waals surface area contributed by atoms with Crippen molar-refractivity contribution in [3.8, 4) is 0 Å². The fourth-order valence-corrected chi connectivity index (χ4v) is 3.24. The molecule has 23 heavy (non-hydrogen) atoms. The molecular formula is C18H27ClN2O2. The zero-order valence-corrected chi connectivity index (χ0v) is 14.6. The van der Waals surface area contributed by atoms with Crippen LogP contribution in [0.4, 0.5) is 0 Å². The number of halogens is 1. The molecule has 4 nitrogen and oxygen atoms in total. The van der Waals surface area contributed by atoms with E-state index in [1.165, 1.54) is 6.42 Å². The Morgan fingerprint density at radius 1 is 1.30 bits per heavy atom. The van der Waals surface area contributed by atoms with Crippen LogP contribution in [0, 0.1) is 0 Å². The van der Waals surface area contributed by atoms with Gasteiger partial charge in [-0.1, -0.05) is 36.6 Å². The van der Waals surface area contributed by atoms with Gasteiger partial charge in [0.15, 0.2) is 0 Å². The first-order chi connectivity index (χ1) is 11.1. The molecule has 1 saturated heterocycles. The van der Waals surface area contributed by atoms with Crippen molar-refractivity contribution in [2.24, 2.45) is 0 Å². The van der Waals surface area contributed by atoms with Crippen LogP contribution >= 0.6 is 11.6 Å². The molecule has 0 spiro atoms. The summed E-state index contributed by atoms with van der Waals surface area (Å²) in [5.41, 5.74) is 1.07. The van der Waals surface area contributed by atoms with Crippen LogP contribution in [0.5, 0.6) is 0 Å². The Labute approximate surface area is 144 Å². The van der Waals surface area contributed by atoms with Crippen LogP contribution in [0.3, 0.4) is 0 Å². The lowest BCUT2D eigenvalue weighted by Gasteiger charge is -2.31. The summed E-state index contributed by atoms with van der Waals surface area (Å²) in [5, 5.41) is 9.84. The van der Waals surface area contributed by atoms with E-state index in [4.69, 9.17) is 16.7 Å². The van der Waals surface area contributed by atoms with E-state index in [1.807, 2.05) is 36.2 Å². The van der Waals surface area contributed by atoms with Crippen LogP contribution in [0.15, 0.2) is 24.3 Å². The molecule has 1 N–H and O–H groups in total. The van der Waals surface area contributed by atoms with Gasteiger partial charge in [-0.25, -0.2) is 0 Å². The molecule has 1 aliphatic rings. The van der Waals surface area contributed by atoms with Gasteiger partial charge in [0.1, 0.15) is 0 Å². The summed E-state index contributed by atoms with van der Waals surface area (Å²) in [6.07, 6.45) is 4.99. The van der Waals surface area contributed by atoms with Crippen molar-refractivity contribution in [3.05, 3.63) is 34.9 Å². The van der Waals surface area contributed by atoms with Crippen molar-refractivity contribution in [3.63, 3.8) is 0 Å². The van der Waals surface area contributed by atoms with E-state index in [2.05, 4.69) is 4.90 Å². The van der Waals surface area contributed by atoms with E-state index in [-0.39, 0.29) is 18.6 Å². The van der Waals surface area contributed by atoms with E-state index < -0.39 is 0 Å². The van der Waals surface area contributed by atoms with Gasteiger partial charge in [-0.05, 0) is 50.6 Å². The number of hydrogen-bond donors (Lipinski definition) is 1. The molecular weight excluding hydrogens is 312 g/mol. The summed E-state index contributed by atoms with van der Waals surface area (Å²) in [7, 11) is 2.04. The van der Waals surface area contributed by atoms with Crippen molar-refractivity contribution in [1.82, 2.24) is 9.80 Å². The molecule has 1 fully saturated rings. The number of carbonyl (C=O) groups excluding carboxylic acids is 1. The molecule has 1 amide bonds. The van der Waals surface area contributed by atoms with Crippen molar-refractivity contribution >= 4 is 17.5 Å². The first-order valence-electron chi connectivity index (χ1n) is 8.46. The number of aliphatic hydroxyl groups excluding tert-OH is 1. The second kappa shape index (κ2) is 9.26. The summed E-state index contributed by atoms with van der Waals surface area (Å²) in [4.78, 5) is 17.1. The molecule has 0 radical (unpaired) electrons. The smallest absolute Gasteiger partial charge is 0.240 e. The Kier molecular flexibility index (Phi) is 7.34. The molecule has 1 heterocycles. The van der Waals surface area contributed by atoms with Crippen molar-refractivity contribution in [2.45, 2.75) is 44.7 Å². The molecule has 1 aromatic carbocycles. The Morgan fingerprint density at radius 2 is 2.04 bits per heavy atom. The summed E-state index contributed by atoms with van der Waals surface area (Å²) in [6.45, 7) is 2.23. The average molecular weight is 339 g/mol. The van der Waals surface area contributed by atoms with Crippen LogP contribution in [0.25, 0.3) is 0 Å². The van der Waals surface area contributed by atoms with Crippen LogP contribution in [0.1, 0.15) is 37.7 Å². The van der Waals surface area contributed by atoms with Crippen LogP contribution in [0.2, 0.25) is 5.02 Å². The molecule has 0 saturated carbocycles. The fraction of sp³-hybridized carbons (Fsp3) is 0.611. The topological polar surface area (TPSA) is 43.8 Å². The number of hydrogen-bond acceptors (Lipinski definition) is 3. The standard InChI is InChI=1S/C18H27ClN2O2/c1-20-11-4-2-3-6-17(20)18(23)21(12-5-13-22)14-15-7-9-16(19)10-8-15/h7-10,17,22H,2-6,11-14H2,1H3/t17-/m1/s1. The molecule has 1 aliphatic heterocycles. The Morgan fingerprint density at radius 3 is 2.74 bits per heavy atom. The quantitative estimate of drug-likeness (QED) is 0.867. The lowest BCUT2D eigenvalue weighted by Crippen LogP contribution is -2.47. The van der Waals surface area contributed by atoms with Gasteiger partial charge in [0.25, 0.3) is 0 Å². The van der Waals surface area contributed by atoms with Crippen LogP contribution in [-0.4, -0.2) is 53.6 Å². The maximum atomic E-state index is 13.0. The second-order valence-electron chi connectivity index (χ2n) is 6.31. The van der Waals surface area contributed by atoms with Crippen molar-refractivity contribution in [1.29, 1.82) is 0 Å². The predicted molar refractivity (Wildman–Crippen MR) is 93.5 cm³/mol. The SMILES string of the molecule is CN1CCCCC[C@@H]1C(=O)N(CCCO)Cc1ccc(Cl)cc1. The average Bonchev–Trinajstić information content (AvgIpc) is 2.77. The highest BCUT2D eigenvalue weighted by Crippen LogP contribution is 2.19. The van der Waals surface area contributed by atoms with Gasteiger partial charge in [-0.2, -0.15) is 0 Å². The Balaban J connectivity index is 2.09. The molecule has 1 atom stereocenters. The van der Waals surface area contributed by atoms with E-state index in [9.17, 15) is 4.79 Å². The largest absolute Gasteiger partial charge is 0.396 e. The second-order valence-corrected chi connectivity index (χ2v) is 6.75. The number of nitrogens with zero attached hydrogens (tertiary/aromatic N) is 2.